The molecule has 0 radical (unpaired) electrons. The van der Waals surface area contributed by atoms with Gasteiger partial charge in [0.05, 0.1) is 6.61 Å². The lowest BCUT2D eigenvalue weighted by Crippen LogP contribution is -2.29. The van der Waals surface area contributed by atoms with Crippen molar-refractivity contribution in [1.82, 2.24) is 0 Å². The van der Waals surface area contributed by atoms with Gasteiger partial charge >= 0.3 is 5.97 Å². The van der Waals surface area contributed by atoms with Crippen LogP contribution in [0.2, 0.25) is 0 Å². The Morgan fingerprint density at radius 2 is 2.38 bits per heavy atom. The van der Waals surface area contributed by atoms with Crippen LogP contribution < -0.4 is 4.74 Å². The van der Waals surface area contributed by atoms with Crippen molar-refractivity contribution in [3.63, 3.8) is 0 Å². The molecule has 1 heterocycles. The summed E-state index contributed by atoms with van der Waals surface area (Å²) in [7, 11) is 0. The van der Waals surface area contributed by atoms with Gasteiger partial charge in [-0.2, -0.15) is 0 Å². The maximum atomic E-state index is 11.5. The van der Waals surface area contributed by atoms with Gasteiger partial charge in [-0.15, -0.1) is 0 Å². The second kappa shape index (κ2) is 4.70. The van der Waals surface area contributed by atoms with Crippen LogP contribution in [0.3, 0.4) is 0 Å². The van der Waals surface area contributed by atoms with E-state index in [1.165, 1.54) is 0 Å². The molecule has 3 nitrogen and oxygen atoms in total. The van der Waals surface area contributed by atoms with Gasteiger partial charge in [0, 0.05) is 10.0 Å². The lowest BCUT2D eigenvalue weighted by molar-refractivity contribution is -0.149. The van der Waals surface area contributed by atoms with Crippen molar-refractivity contribution in [1.29, 1.82) is 0 Å². The van der Waals surface area contributed by atoms with Gasteiger partial charge in [-0.1, -0.05) is 22.0 Å². The van der Waals surface area contributed by atoms with E-state index in [0.717, 1.165) is 10.0 Å². The highest BCUT2D eigenvalue weighted by Crippen LogP contribution is 2.29. The molecule has 0 saturated heterocycles. The van der Waals surface area contributed by atoms with Crippen LogP contribution >= 0.6 is 15.9 Å². The second-order valence-corrected chi connectivity index (χ2v) is 4.25. The minimum absolute atomic E-state index is 0.354. The van der Waals surface area contributed by atoms with Crippen LogP contribution in [-0.2, 0) is 9.53 Å². The summed E-state index contributed by atoms with van der Waals surface area (Å²) in [5.41, 5.74) is 0.954. The van der Waals surface area contributed by atoms with Gasteiger partial charge in [0.2, 0.25) is 6.10 Å². The fourth-order valence-electron chi connectivity index (χ4n) is 1.48. The Morgan fingerprint density at radius 1 is 1.56 bits per heavy atom. The Morgan fingerprint density at radius 3 is 3.12 bits per heavy atom. The summed E-state index contributed by atoms with van der Waals surface area (Å²) in [6.07, 6.45) is 2.94. The van der Waals surface area contributed by atoms with Gasteiger partial charge in [-0.05, 0) is 31.2 Å². The SMILES string of the molecule is CCOC(=O)C1C=Cc2cc(Br)ccc2O1. The Balaban J connectivity index is 2.19. The van der Waals surface area contributed by atoms with E-state index in [-0.39, 0.29) is 5.97 Å². The van der Waals surface area contributed by atoms with Crippen LogP contribution in [-0.4, -0.2) is 18.7 Å². The van der Waals surface area contributed by atoms with E-state index < -0.39 is 6.10 Å². The molecule has 84 valence electrons. The molecule has 0 bridgehead atoms. The van der Waals surface area contributed by atoms with Crippen LogP contribution in [0.5, 0.6) is 5.75 Å². The largest absolute Gasteiger partial charge is 0.474 e. The molecule has 0 N–H and O–H groups in total. The lowest BCUT2D eigenvalue weighted by atomic mass is 10.1. The molecule has 0 spiro atoms. The fraction of sp³-hybridized carbons (Fsp3) is 0.250. The van der Waals surface area contributed by atoms with Crippen molar-refractivity contribution in [3.05, 3.63) is 34.3 Å². The van der Waals surface area contributed by atoms with Crippen molar-refractivity contribution in [3.8, 4) is 5.75 Å². The zero-order valence-electron chi connectivity index (χ0n) is 8.77. The first kappa shape index (κ1) is 11.2. The minimum atomic E-state index is -0.631. The summed E-state index contributed by atoms with van der Waals surface area (Å²) in [6.45, 7) is 2.13. The number of halogens is 1. The number of hydrogen-bond acceptors (Lipinski definition) is 3. The topological polar surface area (TPSA) is 35.5 Å². The van der Waals surface area contributed by atoms with Gasteiger partial charge < -0.3 is 9.47 Å². The molecular weight excluding hydrogens is 272 g/mol. The first-order chi connectivity index (χ1) is 7.70. The summed E-state index contributed by atoms with van der Waals surface area (Å²) in [5, 5.41) is 0. The number of fused-ring (bicyclic) bond motifs is 1. The molecular formula is C12H11BrO3. The maximum absolute atomic E-state index is 11.5. The van der Waals surface area contributed by atoms with Crippen molar-refractivity contribution < 1.29 is 14.3 Å². The van der Waals surface area contributed by atoms with Crippen LogP contribution in [0.25, 0.3) is 6.08 Å². The number of rotatable bonds is 2. The van der Waals surface area contributed by atoms with E-state index in [4.69, 9.17) is 9.47 Å². The Bertz CT molecular complexity index is 440. The molecule has 1 aliphatic rings. The highest BCUT2D eigenvalue weighted by atomic mass is 79.9. The molecule has 1 aromatic rings. The Labute approximate surface area is 102 Å². The highest BCUT2D eigenvalue weighted by molar-refractivity contribution is 9.10. The number of hydrogen-bond donors (Lipinski definition) is 0. The molecule has 0 amide bonds. The quantitative estimate of drug-likeness (QED) is 0.783. The predicted octanol–water partition coefficient (Wildman–Crippen LogP) is 2.79. The molecule has 1 aliphatic heterocycles. The van der Waals surface area contributed by atoms with Gasteiger partial charge in [-0.25, -0.2) is 4.79 Å². The van der Waals surface area contributed by atoms with E-state index in [1.807, 2.05) is 24.3 Å². The van der Waals surface area contributed by atoms with Crippen LogP contribution in [0.15, 0.2) is 28.7 Å². The van der Waals surface area contributed by atoms with E-state index in [2.05, 4.69) is 15.9 Å². The molecule has 1 aromatic carbocycles. The van der Waals surface area contributed by atoms with Crippen molar-refractivity contribution in [2.24, 2.45) is 0 Å². The summed E-state index contributed by atoms with van der Waals surface area (Å²) >= 11 is 3.38. The van der Waals surface area contributed by atoms with Crippen molar-refractivity contribution in [2.45, 2.75) is 13.0 Å². The molecule has 0 saturated carbocycles. The first-order valence-corrected chi connectivity index (χ1v) is 5.81. The zero-order valence-corrected chi connectivity index (χ0v) is 10.4. The van der Waals surface area contributed by atoms with Crippen LogP contribution in [0.1, 0.15) is 12.5 Å². The summed E-state index contributed by atoms with van der Waals surface area (Å²) < 4.78 is 11.4. The maximum Gasteiger partial charge on any atom is 0.351 e. The Kier molecular flexibility index (Phi) is 3.29. The molecule has 0 aliphatic carbocycles. The minimum Gasteiger partial charge on any atom is -0.474 e. The monoisotopic (exact) mass is 282 g/mol. The van der Waals surface area contributed by atoms with Crippen LogP contribution in [0, 0.1) is 0 Å². The zero-order chi connectivity index (χ0) is 11.5. The van der Waals surface area contributed by atoms with Crippen LogP contribution in [0.4, 0.5) is 0 Å². The number of carbonyl (C=O) groups is 1. The fourth-order valence-corrected chi connectivity index (χ4v) is 1.85. The third-order valence-corrected chi connectivity index (χ3v) is 2.69. The molecule has 4 heteroatoms. The van der Waals surface area contributed by atoms with E-state index in [0.29, 0.717) is 12.4 Å². The number of esters is 1. The standard InChI is InChI=1S/C12H11BrO3/c1-2-15-12(14)11-5-3-8-7-9(13)4-6-10(8)16-11/h3-7,11H,2H2,1H3. The molecule has 1 unspecified atom stereocenters. The van der Waals surface area contributed by atoms with E-state index >= 15 is 0 Å². The number of carbonyl (C=O) groups excluding carboxylic acids is 1. The van der Waals surface area contributed by atoms with E-state index in [1.54, 1.807) is 13.0 Å². The van der Waals surface area contributed by atoms with E-state index in [9.17, 15) is 4.79 Å². The average Bonchev–Trinajstić information content (AvgIpc) is 2.28. The smallest absolute Gasteiger partial charge is 0.351 e. The summed E-state index contributed by atoms with van der Waals surface area (Å²) in [5.74, 6) is 0.344. The third kappa shape index (κ3) is 2.27. The molecule has 2 rings (SSSR count). The summed E-state index contributed by atoms with van der Waals surface area (Å²) in [4.78, 5) is 11.5. The number of ether oxygens (including phenoxy) is 2. The average molecular weight is 283 g/mol. The van der Waals surface area contributed by atoms with Gasteiger partial charge in [0.25, 0.3) is 0 Å². The number of benzene rings is 1. The second-order valence-electron chi connectivity index (χ2n) is 3.33. The third-order valence-electron chi connectivity index (χ3n) is 2.20. The van der Waals surface area contributed by atoms with Gasteiger partial charge in [-0.3, -0.25) is 0 Å². The molecule has 16 heavy (non-hydrogen) atoms. The molecule has 0 aromatic heterocycles. The molecule has 0 fully saturated rings. The first-order valence-electron chi connectivity index (χ1n) is 5.01. The van der Waals surface area contributed by atoms with Crippen molar-refractivity contribution >= 4 is 28.0 Å². The van der Waals surface area contributed by atoms with Gasteiger partial charge in [0.15, 0.2) is 0 Å². The van der Waals surface area contributed by atoms with Crippen molar-refractivity contribution in [2.75, 3.05) is 6.61 Å². The Hall–Kier alpha value is -1.29. The predicted molar refractivity (Wildman–Crippen MR) is 64.2 cm³/mol. The normalized spacial score (nSPS) is 17.5. The van der Waals surface area contributed by atoms with Gasteiger partial charge in [0.1, 0.15) is 5.75 Å². The molecule has 1 atom stereocenters. The summed E-state index contributed by atoms with van der Waals surface area (Å²) in [6, 6.07) is 5.64. The highest BCUT2D eigenvalue weighted by Gasteiger charge is 2.22. The lowest BCUT2D eigenvalue weighted by Gasteiger charge is -2.19.